The molecular weight excluding hydrogens is 607 g/mol. The van der Waals surface area contributed by atoms with Gasteiger partial charge in [0.2, 0.25) is 5.82 Å². The summed E-state index contributed by atoms with van der Waals surface area (Å²) in [5.41, 5.74) is 0.838. The molecule has 0 fully saturated rings. The Kier molecular flexibility index (Phi) is 16.9. The third kappa shape index (κ3) is 15.7. The van der Waals surface area contributed by atoms with Crippen LogP contribution >= 0.6 is 0 Å². The van der Waals surface area contributed by atoms with Gasteiger partial charge in [0.05, 0.1) is 13.2 Å². The molecule has 0 aliphatic heterocycles. The molecule has 2 aromatic carbocycles. The Morgan fingerprint density at radius 1 is 0.545 bits per heavy atom. The summed E-state index contributed by atoms with van der Waals surface area (Å²) in [5, 5.41) is 0. The highest BCUT2D eigenvalue weighted by Crippen LogP contribution is 2.31. The summed E-state index contributed by atoms with van der Waals surface area (Å²) in [6.07, 6.45) is 13.9. The van der Waals surface area contributed by atoms with Crippen LogP contribution in [0.2, 0.25) is 51.9 Å². The van der Waals surface area contributed by atoms with Crippen LogP contribution in [0.1, 0.15) is 84.0 Å². The van der Waals surface area contributed by atoms with Crippen molar-refractivity contribution in [2.45, 2.75) is 136 Å². The van der Waals surface area contributed by atoms with Gasteiger partial charge in [-0.1, -0.05) is 83.3 Å². The summed E-state index contributed by atoms with van der Waals surface area (Å²) in [5.74, 6) is -1.09. The van der Waals surface area contributed by atoms with Crippen molar-refractivity contribution in [3.05, 3.63) is 48.0 Å². The zero-order valence-corrected chi connectivity index (χ0v) is 32.0. The minimum Gasteiger partial charge on any atom is -0.494 e. The quantitative estimate of drug-likeness (QED) is 0.0873. The van der Waals surface area contributed by atoms with Gasteiger partial charge >= 0.3 is 8.56 Å². The van der Waals surface area contributed by atoms with E-state index in [9.17, 15) is 8.78 Å². The van der Waals surface area contributed by atoms with E-state index in [1.807, 2.05) is 12.1 Å². The van der Waals surface area contributed by atoms with Crippen molar-refractivity contribution in [2.75, 3.05) is 13.2 Å². The predicted molar refractivity (Wildman–Crippen MR) is 189 cm³/mol. The molecule has 2 rings (SSSR count). The molecule has 0 atom stereocenters. The molecule has 0 N–H and O–H groups in total. The van der Waals surface area contributed by atoms with E-state index < -0.39 is 36.8 Å². The van der Waals surface area contributed by atoms with Gasteiger partial charge in [-0.2, -0.15) is 4.39 Å². The molecule has 4 nitrogen and oxygen atoms in total. The third-order valence-electron chi connectivity index (χ3n) is 7.31. The molecule has 0 heterocycles. The molecule has 0 bridgehead atoms. The predicted octanol–water partition coefficient (Wildman–Crippen LogP) is 11.9. The largest absolute Gasteiger partial charge is 0.494 e. The lowest BCUT2D eigenvalue weighted by molar-refractivity contribution is 0.286. The second-order valence-corrected chi connectivity index (χ2v) is 27.0. The summed E-state index contributed by atoms with van der Waals surface area (Å²) in [6, 6.07) is 11.4. The lowest BCUT2D eigenvalue weighted by Crippen LogP contribution is -2.52. The first-order valence-electron chi connectivity index (χ1n) is 17.0. The molecular formula is C35H60F2O4Si3. The highest BCUT2D eigenvalue weighted by molar-refractivity contribution is 6.87. The molecule has 2 aromatic rings. The van der Waals surface area contributed by atoms with E-state index in [-0.39, 0.29) is 11.3 Å². The van der Waals surface area contributed by atoms with Crippen molar-refractivity contribution in [1.82, 2.24) is 0 Å². The molecule has 9 heteroatoms. The first kappa shape index (κ1) is 38.7. The highest BCUT2D eigenvalue weighted by atomic mass is 28.5. The van der Waals surface area contributed by atoms with Gasteiger partial charge in [0.15, 0.2) is 28.2 Å². The van der Waals surface area contributed by atoms with E-state index in [1.54, 1.807) is 18.2 Å². The van der Waals surface area contributed by atoms with Crippen LogP contribution in [0.15, 0.2) is 36.4 Å². The standard InChI is InChI=1S/C35H60F2O4Si3/c1-9-10-18-28-39-33-26-25-32(34(36)35(33)37)30-21-23-31(24-22-30)38-27-19-16-14-12-11-13-15-17-20-29-44(8,40-42(2,3)4)41-43(5,6)7/h21-26H,9-20,27-29H2,1-8H3. The number of ether oxygens (including phenoxy) is 2. The van der Waals surface area contributed by atoms with Gasteiger partial charge in [-0.05, 0) is 94.5 Å². The van der Waals surface area contributed by atoms with Crippen LogP contribution in [0.3, 0.4) is 0 Å². The maximum atomic E-state index is 14.7. The van der Waals surface area contributed by atoms with E-state index in [2.05, 4.69) is 52.8 Å². The molecule has 0 unspecified atom stereocenters. The average Bonchev–Trinajstić information content (AvgIpc) is 2.92. The number of unbranched alkanes of at least 4 members (excludes halogenated alkanes) is 10. The number of benzene rings is 2. The fraction of sp³-hybridized carbons (Fsp3) is 0.657. The minimum absolute atomic E-state index is 0.0294. The van der Waals surface area contributed by atoms with Crippen LogP contribution in [0, 0.1) is 11.6 Å². The fourth-order valence-electron chi connectivity index (χ4n) is 5.52. The zero-order chi connectivity index (χ0) is 32.6. The Labute approximate surface area is 270 Å². The van der Waals surface area contributed by atoms with Gasteiger partial charge in [-0.25, -0.2) is 4.39 Å². The first-order valence-corrected chi connectivity index (χ1v) is 26.3. The molecule has 0 saturated heterocycles. The van der Waals surface area contributed by atoms with E-state index >= 15 is 0 Å². The molecule has 0 aromatic heterocycles. The second kappa shape index (κ2) is 19.2. The Balaban J connectivity index is 1.59. The van der Waals surface area contributed by atoms with Crippen molar-refractivity contribution in [2.24, 2.45) is 0 Å². The minimum atomic E-state index is -2.09. The fourth-order valence-corrected chi connectivity index (χ4v) is 18.1. The van der Waals surface area contributed by atoms with Gasteiger partial charge in [0, 0.05) is 5.56 Å². The van der Waals surface area contributed by atoms with Crippen LogP contribution < -0.4 is 9.47 Å². The van der Waals surface area contributed by atoms with Crippen LogP contribution in [0.25, 0.3) is 11.1 Å². The molecule has 0 aliphatic carbocycles. The van der Waals surface area contributed by atoms with Gasteiger partial charge in [0.1, 0.15) is 5.75 Å². The number of halogens is 2. The van der Waals surface area contributed by atoms with Crippen LogP contribution in [-0.4, -0.2) is 38.4 Å². The Hall–Kier alpha value is -1.53. The number of rotatable bonds is 23. The molecule has 0 amide bonds. The Bertz CT molecular complexity index is 1070. The lowest BCUT2D eigenvalue weighted by atomic mass is 10.0. The summed E-state index contributed by atoms with van der Waals surface area (Å²) >= 11 is 0. The van der Waals surface area contributed by atoms with Crippen molar-refractivity contribution < 1.29 is 26.5 Å². The zero-order valence-electron chi connectivity index (χ0n) is 29.0. The third-order valence-corrected chi connectivity index (χ3v) is 16.9. The molecule has 0 radical (unpaired) electrons. The van der Waals surface area contributed by atoms with E-state index in [0.29, 0.717) is 18.8 Å². The normalized spacial score (nSPS) is 12.5. The maximum absolute atomic E-state index is 14.7. The van der Waals surface area contributed by atoms with Crippen LogP contribution in [0.4, 0.5) is 8.78 Å². The van der Waals surface area contributed by atoms with E-state index in [4.69, 9.17) is 17.7 Å². The number of hydrogen-bond acceptors (Lipinski definition) is 4. The molecule has 0 saturated carbocycles. The summed E-state index contributed by atoms with van der Waals surface area (Å²) < 4.78 is 53.8. The number of hydrogen-bond donors (Lipinski definition) is 0. The lowest BCUT2D eigenvalue weighted by Gasteiger charge is -2.38. The summed E-state index contributed by atoms with van der Waals surface area (Å²) in [6.45, 7) is 19.1. The van der Waals surface area contributed by atoms with Gasteiger partial charge in [0.25, 0.3) is 0 Å². The SMILES string of the molecule is CCCCCOc1ccc(-c2ccc(OCCCCCCCCCCC[Si](C)(O[Si](C)(C)C)O[Si](C)(C)C)cc2)c(F)c1F. The van der Waals surface area contributed by atoms with Crippen molar-refractivity contribution in [3.8, 4) is 22.6 Å². The first-order chi connectivity index (χ1) is 20.7. The van der Waals surface area contributed by atoms with Crippen molar-refractivity contribution >= 4 is 25.2 Å². The van der Waals surface area contributed by atoms with Gasteiger partial charge in [-0.3, -0.25) is 0 Å². The Morgan fingerprint density at radius 3 is 1.59 bits per heavy atom. The van der Waals surface area contributed by atoms with E-state index in [0.717, 1.165) is 43.9 Å². The van der Waals surface area contributed by atoms with Crippen LogP contribution in [-0.2, 0) is 8.23 Å². The van der Waals surface area contributed by atoms with Gasteiger partial charge < -0.3 is 17.7 Å². The highest BCUT2D eigenvalue weighted by Gasteiger charge is 2.39. The smallest absolute Gasteiger partial charge is 0.314 e. The molecule has 0 spiro atoms. The van der Waals surface area contributed by atoms with Crippen molar-refractivity contribution in [1.29, 1.82) is 0 Å². The van der Waals surface area contributed by atoms with Crippen LogP contribution in [0.5, 0.6) is 11.5 Å². The van der Waals surface area contributed by atoms with E-state index in [1.165, 1.54) is 51.0 Å². The molecule has 250 valence electrons. The van der Waals surface area contributed by atoms with Gasteiger partial charge in [-0.15, -0.1) is 0 Å². The second-order valence-electron chi connectivity index (χ2n) is 14.2. The maximum Gasteiger partial charge on any atom is 0.314 e. The van der Waals surface area contributed by atoms with Crippen molar-refractivity contribution in [3.63, 3.8) is 0 Å². The Morgan fingerprint density at radius 2 is 1.05 bits per heavy atom. The average molecular weight is 667 g/mol. The summed E-state index contributed by atoms with van der Waals surface area (Å²) in [7, 11) is -5.32. The summed E-state index contributed by atoms with van der Waals surface area (Å²) in [4.78, 5) is 0. The molecule has 0 aliphatic rings. The topological polar surface area (TPSA) is 36.9 Å². The molecule has 44 heavy (non-hydrogen) atoms. The monoisotopic (exact) mass is 666 g/mol.